The summed E-state index contributed by atoms with van der Waals surface area (Å²) in [6, 6.07) is 7.74. The maximum absolute atomic E-state index is 5.93. The second kappa shape index (κ2) is 6.72. The monoisotopic (exact) mass is 283 g/mol. The number of benzene rings is 1. The summed E-state index contributed by atoms with van der Waals surface area (Å²) in [7, 11) is 0. The summed E-state index contributed by atoms with van der Waals surface area (Å²) in [6.45, 7) is 1.40. The van der Waals surface area contributed by atoms with Gasteiger partial charge >= 0.3 is 0 Å². The van der Waals surface area contributed by atoms with Gasteiger partial charge in [-0.3, -0.25) is 0 Å². The minimum absolute atomic E-state index is 0.640. The minimum atomic E-state index is 0.640. The van der Waals surface area contributed by atoms with Gasteiger partial charge in [-0.2, -0.15) is 0 Å². The minimum Gasteiger partial charge on any atom is -0.330 e. The SMILES string of the molecule is NCCCn1nnnc1CSc1cccc(Cl)c1. The van der Waals surface area contributed by atoms with E-state index in [4.69, 9.17) is 17.3 Å². The first-order valence-electron chi connectivity index (χ1n) is 5.63. The van der Waals surface area contributed by atoms with Gasteiger partial charge in [-0.15, -0.1) is 16.9 Å². The lowest BCUT2D eigenvalue weighted by molar-refractivity contribution is 0.551. The molecule has 0 atom stereocenters. The highest BCUT2D eigenvalue weighted by atomic mass is 35.5. The molecule has 18 heavy (non-hydrogen) atoms. The molecule has 0 fully saturated rings. The van der Waals surface area contributed by atoms with E-state index in [9.17, 15) is 0 Å². The van der Waals surface area contributed by atoms with Gasteiger partial charge in [0.05, 0.1) is 5.75 Å². The Morgan fingerprint density at radius 3 is 3.06 bits per heavy atom. The van der Waals surface area contributed by atoms with Crippen molar-refractivity contribution < 1.29 is 0 Å². The van der Waals surface area contributed by atoms with Gasteiger partial charge in [0.1, 0.15) is 0 Å². The Hall–Kier alpha value is -1.11. The van der Waals surface area contributed by atoms with Crippen LogP contribution in [0.1, 0.15) is 12.2 Å². The number of hydrogen-bond acceptors (Lipinski definition) is 5. The fourth-order valence-electron chi connectivity index (χ4n) is 1.45. The lowest BCUT2D eigenvalue weighted by atomic mass is 10.4. The molecule has 2 aromatic rings. The fraction of sp³-hybridized carbons (Fsp3) is 0.364. The van der Waals surface area contributed by atoms with E-state index in [2.05, 4.69) is 15.5 Å². The van der Waals surface area contributed by atoms with E-state index >= 15 is 0 Å². The number of hydrogen-bond donors (Lipinski definition) is 1. The van der Waals surface area contributed by atoms with Crippen molar-refractivity contribution in [3.63, 3.8) is 0 Å². The number of halogens is 1. The average molecular weight is 284 g/mol. The van der Waals surface area contributed by atoms with Crippen LogP contribution in [-0.2, 0) is 12.3 Å². The fourth-order valence-corrected chi connectivity index (χ4v) is 2.59. The molecule has 0 spiro atoms. The number of aromatic nitrogens is 4. The Labute approximate surface area is 115 Å². The zero-order valence-electron chi connectivity index (χ0n) is 9.79. The van der Waals surface area contributed by atoms with E-state index < -0.39 is 0 Å². The van der Waals surface area contributed by atoms with Crippen LogP contribution < -0.4 is 5.73 Å². The molecule has 0 amide bonds. The van der Waals surface area contributed by atoms with Gasteiger partial charge < -0.3 is 5.73 Å². The molecular weight excluding hydrogens is 270 g/mol. The van der Waals surface area contributed by atoms with Crippen LogP contribution in [0.25, 0.3) is 0 Å². The van der Waals surface area contributed by atoms with Crippen LogP contribution in [0.4, 0.5) is 0 Å². The van der Waals surface area contributed by atoms with Crippen LogP contribution in [0.5, 0.6) is 0 Å². The standard InChI is InChI=1S/C11H14ClN5S/c12-9-3-1-4-10(7-9)18-8-11-14-15-16-17(11)6-2-5-13/h1,3-4,7H,2,5-6,8,13H2. The summed E-state index contributed by atoms with van der Waals surface area (Å²) in [5, 5.41) is 12.4. The van der Waals surface area contributed by atoms with Crippen LogP contribution in [0.15, 0.2) is 29.2 Å². The smallest absolute Gasteiger partial charge is 0.161 e. The summed E-state index contributed by atoms with van der Waals surface area (Å²) in [5.41, 5.74) is 5.48. The van der Waals surface area contributed by atoms with Crippen LogP contribution in [-0.4, -0.2) is 26.8 Å². The summed E-state index contributed by atoms with van der Waals surface area (Å²) >= 11 is 7.59. The van der Waals surface area contributed by atoms with Crippen molar-refractivity contribution in [3.8, 4) is 0 Å². The lowest BCUT2D eigenvalue weighted by Gasteiger charge is -2.03. The van der Waals surface area contributed by atoms with Gasteiger partial charge in [0.25, 0.3) is 0 Å². The number of thioether (sulfide) groups is 1. The average Bonchev–Trinajstić information content (AvgIpc) is 2.81. The van der Waals surface area contributed by atoms with E-state index in [-0.39, 0.29) is 0 Å². The molecule has 0 bridgehead atoms. The first kappa shape index (κ1) is 13.3. The highest BCUT2D eigenvalue weighted by Gasteiger charge is 2.06. The molecule has 5 nitrogen and oxygen atoms in total. The van der Waals surface area contributed by atoms with E-state index in [1.165, 1.54) is 0 Å². The van der Waals surface area contributed by atoms with E-state index in [1.54, 1.807) is 16.4 Å². The van der Waals surface area contributed by atoms with E-state index in [0.29, 0.717) is 6.54 Å². The van der Waals surface area contributed by atoms with Crippen molar-refractivity contribution in [1.82, 2.24) is 20.2 Å². The van der Waals surface area contributed by atoms with Crippen molar-refractivity contribution in [2.24, 2.45) is 5.73 Å². The Bertz CT molecular complexity index is 502. The van der Waals surface area contributed by atoms with Gasteiger partial charge in [0.15, 0.2) is 5.82 Å². The lowest BCUT2D eigenvalue weighted by Crippen LogP contribution is -2.09. The number of nitrogens with zero attached hydrogens (tertiary/aromatic N) is 4. The maximum Gasteiger partial charge on any atom is 0.161 e. The topological polar surface area (TPSA) is 69.6 Å². The largest absolute Gasteiger partial charge is 0.330 e. The third-order valence-electron chi connectivity index (χ3n) is 2.34. The number of nitrogens with two attached hydrogens (primary N) is 1. The zero-order chi connectivity index (χ0) is 12.8. The number of aryl methyl sites for hydroxylation is 1. The van der Waals surface area contributed by atoms with Crippen LogP contribution in [0.3, 0.4) is 0 Å². The van der Waals surface area contributed by atoms with Gasteiger partial charge in [-0.25, -0.2) is 4.68 Å². The van der Waals surface area contributed by atoms with Crippen molar-refractivity contribution in [2.75, 3.05) is 6.54 Å². The molecule has 0 aliphatic rings. The van der Waals surface area contributed by atoms with Gasteiger partial charge in [-0.05, 0) is 41.6 Å². The Morgan fingerprint density at radius 1 is 1.39 bits per heavy atom. The molecule has 96 valence electrons. The highest BCUT2D eigenvalue weighted by Crippen LogP contribution is 2.24. The Morgan fingerprint density at radius 2 is 2.28 bits per heavy atom. The van der Waals surface area contributed by atoms with E-state index in [0.717, 1.165) is 34.5 Å². The maximum atomic E-state index is 5.93. The molecule has 1 aromatic heterocycles. The van der Waals surface area contributed by atoms with E-state index in [1.807, 2.05) is 24.3 Å². The second-order valence-corrected chi connectivity index (χ2v) is 5.19. The first-order chi connectivity index (χ1) is 8.79. The highest BCUT2D eigenvalue weighted by molar-refractivity contribution is 7.98. The third-order valence-corrected chi connectivity index (χ3v) is 3.57. The molecule has 0 saturated carbocycles. The van der Waals surface area contributed by atoms with Crippen LogP contribution >= 0.6 is 23.4 Å². The van der Waals surface area contributed by atoms with Crippen molar-refractivity contribution in [1.29, 1.82) is 0 Å². The molecule has 0 unspecified atom stereocenters. The van der Waals surface area contributed by atoms with Crippen molar-refractivity contribution in [3.05, 3.63) is 35.1 Å². The zero-order valence-corrected chi connectivity index (χ0v) is 11.4. The molecule has 0 aliphatic carbocycles. The molecule has 1 aromatic carbocycles. The molecular formula is C11H14ClN5S. The molecule has 2 N–H and O–H groups in total. The summed E-state index contributed by atoms with van der Waals surface area (Å²) in [5.74, 6) is 1.58. The third kappa shape index (κ3) is 3.69. The van der Waals surface area contributed by atoms with Gasteiger partial charge in [0.2, 0.25) is 0 Å². The van der Waals surface area contributed by atoms with Gasteiger partial charge in [0, 0.05) is 16.5 Å². The molecule has 0 aliphatic heterocycles. The van der Waals surface area contributed by atoms with Crippen molar-refractivity contribution >= 4 is 23.4 Å². The summed E-state index contributed by atoms with van der Waals surface area (Å²) in [6.07, 6.45) is 0.875. The molecule has 0 saturated heterocycles. The number of rotatable bonds is 6. The first-order valence-corrected chi connectivity index (χ1v) is 6.99. The van der Waals surface area contributed by atoms with Crippen LogP contribution in [0, 0.1) is 0 Å². The molecule has 1 heterocycles. The molecule has 2 rings (SSSR count). The Kier molecular flexibility index (Phi) is 4.98. The van der Waals surface area contributed by atoms with Crippen LogP contribution in [0.2, 0.25) is 5.02 Å². The predicted octanol–water partition coefficient (Wildman–Crippen LogP) is 1.97. The van der Waals surface area contributed by atoms with Gasteiger partial charge in [-0.1, -0.05) is 17.7 Å². The number of tetrazole rings is 1. The Balaban J connectivity index is 1.95. The molecule has 0 radical (unpaired) electrons. The summed E-state index contributed by atoms with van der Waals surface area (Å²) < 4.78 is 1.80. The van der Waals surface area contributed by atoms with Crippen molar-refractivity contribution in [2.45, 2.75) is 23.6 Å². The quantitative estimate of drug-likeness (QED) is 0.821. The second-order valence-electron chi connectivity index (χ2n) is 3.71. The molecule has 7 heteroatoms. The predicted molar refractivity (Wildman–Crippen MR) is 72.5 cm³/mol. The normalized spacial score (nSPS) is 10.8. The summed E-state index contributed by atoms with van der Waals surface area (Å²) in [4.78, 5) is 1.11.